The molecule has 0 saturated carbocycles. The number of nitrogens with one attached hydrogen (secondary N) is 1. The standard InChI is InChI=1S/C20H22BrClN2O3S/c1-13-3-5-17(11-14(13)2)28(26,27)24-9-7-15(8-10-24)20(25)23-19-6-4-16(21)12-18(19)22/h3-6,11-12,15H,7-10H2,1-2H3,(H,23,25). The number of rotatable bonds is 4. The zero-order valence-electron chi connectivity index (χ0n) is 15.7. The first-order valence-electron chi connectivity index (χ1n) is 9.02. The van der Waals surface area contributed by atoms with Crippen molar-refractivity contribution < 1.29 is 13.2 Å². The minimum absolute atomic E-state index is 0.132. The molecule has 1 fully saturated rings. The van der Waals surface area contributed by atoms with E-state index in [-0.39, 0.29) is 11.8 Å². The maximum absolute atomic E-state index is 12.9. The van der Waals surface area contributed by atoms with Gasteiger partial charge < -0.3 is 5.32 Å². The Morgan fingerprint density at radius 1 is 1.11 bits per heavy atom. The molecule has 0 spiro atoms. The summed E-state index contributed by atoms with van der Waals surface area (Å²) in [7, 11) is -3.55. The number of halogens is 2. The van der Waals surface area contributed by atoms with Crippen molar-refractivity contribution >= 4 is 49.1 Å². The molecule has 2 aromatic rings. The minimum atomic E-state index is -3.55. The molecule has 0 radical (unpaired) electrons. The van der Waals surface area contributed by atoms with Crippen molar-refractivity contribution in [1.82, 2.24) is 4.31 Å². The highest BCUT2D eigenvalue weighted by atomic mass is 79.9. The summed E-state index contributed by atoms with van der Waals surface area (Å²) in [6.45, 7) is 4.49. The Bertz CT molecular complexity index is 1000. The highest BCUT2D eigenvalue weighted by Gasteiger charge is 2.32. The van der Waals surface area contributed by atoms with E-state index in [1.165, 1.54) is 4.31 Å². The van der Waals surface area contributed by atoms with Crippen LogP contribution < -0.4 is 5.32 Å². The Kier molecular flexibility index (Phi) is 6.49. The topological polar surface area (TPSA) is 66.5 Å². The molecule has 2 aromatic carbocycles. The molecule has 0 atom stereocenters. The van der Waals surface area contributed by atoms with Crippen molar-refractivity contribution in [2.45, 2.75) is 31.6 Å². The molecule has 0 bridgehead atoms. The Balaban J connectivity index is 1.64. The van der Waals surface area contributed by atoms with Crippen molar-refractivity contribution in [3.8, 4) is 0 Å². The maximum atomic E-state index is 12.9. The number of hydrogen-bond acceptors (Lipinski definition) is 3. The van der Waals surface area contributed by atoms with Crippen LogP contribution in [0.2, 0.25) is 5.02 Å². The third kappa shape index (κ3) is 4.59. The van der Waals surface area contributed by atoms with Crippen LogP contribution >= 0.6 is 27.5 Å². The number of sulfonamides is 1. The predicted octanol–water partition coefficient (Wildman–Crippen LogP) is 4.76. The van der Waals surface area contributed by atoms with E-state index in [9.17, 15) is 13.2 Å². The second-order valence-electron chi connectivity index (χ2n) is 7.04. The van der Waals surface area contributed by atoms with Crippen molar-refractivity contribution in [1.29, 1.82) is 0 Å². The minimum Gasteiger partial charge on any atom is -0.325 e. The van der Waals surface area contributed by atoms with Crippen molar-refractivity contribution in [2.75, 3.05) is 18.4 Å². The van der Waals surface area contributed by atoms with E-state index in [1.807, 2.05) is 19.9 Å². The lowest BCUT2D eigenvalue weighted by atomic mass is 9.97. The Hall–Kier alpha value is -1.41. The van der Waals surface area contributed by atoms with Crippen LogP contribution in [0.3, 0.4) is 0 Å². The zero-order chi connectivity index (χ0) is 20.5. The summed E-state index contributed by atoms with van der Waals surface area (Å²) in [5.74, 6) is -0.377. The van der Waals surface area contributed by atoms with Gasteiger partial charge in [0.25, 0.3) is 0 Å². The molecule has 5 nitrogen and oxygen atoms in total. The molecule has 1 aliphatic rings. The van der Waals surface area contributed by atoms with Crippen LogP contribution in [0.1, 0.15) is 24.0 Å². The van der Waals surface area contributed by atoms with Gasteiger partial charge in [-0.05, 0) is 68.1 Å². The Labute approximate surface area is 179 Å². The summed E-state index contributed by atoms with van der Waals surface area (Å²) in [6, 6.07) is 10.4. The summed E-state index contributed by atoms with van der Waals surface area (Å²) in [5, 5.41) is 3.30. The molecule has 1 aliphatic heterocycles. The molecular formula is C20H22BrClN2O3S. The summed E-state index contributed by atoms with van der Waals surface area (Å²) < 4.78 is 28.1. The van der Waals surface area contributed by atoms with Gasteiger partial charge in [-0.15, -0.1) is 0 Å². The molecule has 0 aromatic heterocycles. The molecule has 8 heteroatoms. The fraction of sp³-hybridized carbons (Fsp3) is 0.350. The van der Waals surface area contributed by atoms with Crippen LogP contribution in [0.25, 0.3) is 0 Å². The lowest BCUT2D eigenvalue weighted by Crippen LogP contribution is -2.41. The number of amides is 1. The van der Waals surface area contributed by atoms with E-state index in [0.29, 0.717) is 41.5 Å². The second kappa shape index (κ2) is 8.53. The summed E-state index contributed by atoms with van der Waals surface area (Å²) in [5.41, 5.74) is 2.56. The number of piperidine rings is 1. The van der Waals surface area contributed by atoms with Gasteiger partial charge in [0.2, 0.25) is 15.9 Å². The first-order chi connectivity index (χ1) is 13.2. The van der Waals surface area contributed by atoms with Crippen LogP contribution in [0.15, 0.2) is 45.8 Å². The summed E-state index contributed by atoms with van der Waals surface area (Å²) >= 11 is 9.49. The van der Waals surface area contributed by atoms with E-state index in [0.717, 1.165) is 15.6 Å². The van der Waals surface area contributed by atoms with Gasteiger partial charge in [0, 0.05) is 23.5 Å². The fourth-order valence-corrected chi connectivity index (χ4v) is 5.48. The highest BCUT2D eigenvalue weighted by molar-refractivity contribution is 9.10. The molecule has 0 aliphatic carbocycles. The van der Waals surface area contributed by atoms with E-state index in [2.05, 4.69) is 21.2 Å². The average molecular weight is 486 g/mol. The maximum Gasteiger partial charge on any atom is 0.243 e. The first-order valence-corrected chi connectivity index (χ1v) is 11.6. The fourth-order valence-electron chi connectivity index (χ4n) is 3.21. The van der Waals surface area contributed by atoms with Gasteiger partial charge in [-0.25, -0.2) is 8.42 Å². The SMILES string of the molecule is Cc1ccc(S(=O)(=O)N2CCC(C(=O)Nc3ccc(Br)cc3Cl)CC2)cc1C. The molecule has 1 heterocycles. The first kappa shape index (κ1) is 21.3. The lowest BCUT2D eigenvalue weighted by molar-refractivity contribution is -0.120. The Morgan fingerprint density at radius 2 is 1.79 bits per heavy atom. The van der Waals surface area contributed by atoms with Crippen LogP contribution in [-0.2, 0) is 14.8 Å². The van der Waals surface area contributed by atoms with Crippen LogP contribution in [-0.4, -0.2) is 31.7 Å². The highest BCUT2D eigenvalue weighted by Crippen LogP contribution is 2.29. The predicted molar refractivity (Wildman–Crippen MR) is 115 cm³/mol. The van der Waals surface area contributed by atoms with E-state index in [4.69, 9.17) is 11.6 Å². The van der Waals surface area contributed by atoms with Crippen LogP contribution in [0, 0.1) is 19.8 Å². The van der Waals surface area contributed by atoms with E-state index in [1.54, 1.807) is 30.3 Å². The zero-order valence-corrected chi connectivity index (χ0v) is 18.9. The summed E-state index contributed by atoms with van der Waals surface area (Å²) in [4.78, 5) is 12.9. The number of carbonyl (C=O) groups is 1. The molecule has 3 rings (SSSR count). The Morgan fingerprint density at radius 3 is 2.39 bits per heavy atom. The van der Waals surface area contributed by atoms with Crippen LogP contribution in [0.4, 0.5) is 5.69 Å². The number of benzene rings is 2. The third-order valence-electron chi connectivity index (χ3n) is 5.13. The number of anilines is 1. The van der Waals surface area contributed by atoms with Crippen molar-refractivity contribution in [3.63, 3.8) is 0 Å². The lowest BCUT2D eigenvalue weighted by Gasteiger charge is -2.30. The molecule has 1 saturated heterocycles. The quantitative estimate of drug-likeness (QED) is 0.679. The van der Waals surface area contributed by atoms with Crippen LogP contribution in [0.5, 0.6) is 0 Å². The van der Waals surface area contributed by atoms with Gasteiger partial charge in [0.1, 0.15) is 0 Å². The van der Waals surface area contributed by atoms with Gasteiger partial charge in [0.15, 0.2) is 0 Å². The number of nitrogens with zero attached hydrogens (tertiary/aromatic N) is 1. The van der Waals surface area contributed by atoms with Crippen molar-refractivity contribution in [3.05, 3.63) is 57.0 Å². The summed E-state index contributed by atoms with van der Waals surface area (Å²) in [6.07, 6.45) is 0.952. The normalized spacial score (nSPS) is 16.1. The average Bonchev–Trinajstić information content (AvgIpc) is 2.66. The van der Waals surface area contributed by atoms with Gasteiger partial charge in [-0.1, -0.05) is 33.6 Å². The van der Waals surface area contributed by atoms with Gasteiger partial charge >= 0.3 is 0 Å². The monoisotopic (exact) mass is 484 g/mol. The van der Waals surface area contributed by atoms with E-state index < -0.39 is 10.0 Å². The largest absolute Gasteiger partial charge is 0.325 e. The number of aryl methyl sites for hydroxylation is 2. The second-order valence-corrected chi connectivity index (χ2v) is 10.3. The van der Waals surface area contributed by atoms with E-state index >= 15 is 0 Å². The molecule has 150 valence electrons. The molecular weight excluding hydrogens is 464 g/mol. The smallest absolute Gasteiger partial charge is 0.243 e. The number of carbonyl (C=O) groups excluding carboxylic acids is 1. The molecule has 1 N–H and O–H groups in total. The van der Waals surface area contributed by atoms with Gasteiger partial charge in [-0.3, -0.25) is 4.79 Å². The van der Waals surface area contributed by atoms with Crippen molar-refractivity contribution in [2.24, 2.45) is 5.92 Å². The molecule has 28 heavy (non-hydrogen) atoms. The molecule has 0 unspecified atom stereocenters. The number of hydrogen-bond donors (Lipinski definition) is 1. The molecule has 1 amide bonds. The van der Waals surface area contributed by atoms with Gasteiger partial charge in [0.05, 0.1) is 15.6 Å². The van der Waals surface area contributed by atoms with Gasteiger partial charge in [-0.2, -0.15) is 4.31 Å². The third-order valence-corrected chi connectivity index (χ3v) is 7.83.